The van der Waals surface area contributed by atoms with Gasteiger partial charge in [-0.3, -0.25) is 4.79 Å². The summed E-state index contributed by atoms with van der Waals surface area (Å²) >= 11 is 4.78. The lowest BCUT2D eigenvalue weighted by molar-refractivity contribution is -0.173. The predicted molar refractivity (Wildman–Crippen MR) is 109 cm³/mol. The molecular formula is C19H22BrF3N4OS. The molecule has 1 saturated heterocycles. The highest BCUT2D eigenvalue weighted by atomic mass is 79.9. The maximum absolute atomic E-state index is 13.9. The fourth-order valence-corrected chi connectivity index (χ4v) is 5.68. The van der Waals surface area contributed by atoms with Gasteiger partial charge in [-0.05, 0) is 60.5 Å². The summed E-state index contributed by atoms with van der Waals surface area (Å²) in [6.07, 6.45) is -1.84. The molecule has 0 unspecified atom stereocenters. The van der Waals surface area contributed by atoms with E-state index in [1.165, 1.54) is 11.3 Å². The number of carbonyl (C=O) groups is 1. The van der Waals surface area contributed by atoms with Crippen LogP contribution < -0.4 is 5.32 Å². The second kappa shape index (κ2) is 7.61. The van der Waals surface area contributed by atoms with Gasteiger partial charge in [-0.2, -0.15) is 18.3 Å². The average Bonchev–Trinajstić information content (AvgIpc) is 3.28. The summed E-state index contributed by atoms with van der Waals surface area (Å²) in [7, 11) is 0. The fourth-order valence-electron chi connectivity index (χ4n) is 4.35. The third-order valence-corrected chi connectivity index (χ3v) is 7.55. The van der Waals surface area contributed by atoms with Crippen molar-refractivity contribution < 1.29 is 18.0 Å². The summed E-state index contributed by atoms with van der Waals surface area (Å²) in [5, 5.41) is 9.16. The van der Waals surface area contributed by atoms with Crippen molar-refractivity contribution in [2.24, 2.45) is 0 Å². The van der Waals surface area contributed by atoms with Crippen LogP contribution in [0, 0.1) is 0 Å². The molecule has 0 aliphatic carbocycles. The Hall–Kier alpha value is -1.55. The molecule has 0 spiro atoms. The van der Waals surface area contributed by atoms with Crippen molar-refractivity contribution >= 4 is 39.0 Å². The van der Waals surface area contributed by atoms with Gasteiger partial charge in [-0.25, -0.2) is 4.68 Å². The number of piperidine rings is 1. The molecule has 2 aromatic heterocycles. The Bertz CT molecular complexity index is 888. The number of alkyl halides is 3. The molecule has 4 atom stereocenters. The molecule has 0 aromatic carbocycles. The highest BCUT2D eigenvalue weighted by molar-refractivity contribution is 9.10. The molecule has 1 N–H and O–H groups in total. The minimum Gasteiger partial charge on any atom is -0.362 e. The smallest absolute Gasteiger partial charge is 0.362 e. The zero-order valence-corrected chi connectivity index (χ0v) is 18.4. The molecule has 4 rings (SSSR count). The van der Waals surface area contributed by atoms with Gasteiger partial charge >= 0.3 is 6.18 Å². The second-order valence-corrected chi connectivity index (χ2v) is 9.57. The van der Waals surface area contributed by atoms with Crippen LogP contribution in [0.4, 0.5) is 19.0 Å². The number of hydrogen-bond acceptors (Lipinski definition) is 4. The summed E-state index contributed by atoms with van der Waals surface area (Å²) in [6, 6.07) is 1.42. The van der Waals surface area contributed by atoms with Crippen LogP contribution in [0.25, 0.3) is 0 Å². The van der Waals surface area contributed by atoms with Crippen LogP contribution in [0.1, 0.15) is 67.0 Å². The first-order chi connectivity index (χ1) is 13.7. The van der Waals surface area contributed by atoms with E-state index in [9.17, 15) is 18.0 Å². The Morgan fingerprint density at radius 1 is 1.31 bits per heavy atom. The summed E-state index contributed by atoms with van der Waals surface area (Å²) in [5.41, 5.74) is 0.0363. The number of anilines is 1. The molecule has 0 saturated carbocycles. The van der Waals surface area contributed by atoms with Crippen LogP contribution in [0.5, 0.6) is 0 Å². The lowest BCUT2D eigenvalue weighted by Gasteiger charge is -2.38. The van der Waals surface area contributed by atoms with E-state index in [2.05, 4.69) is 26.3 Å². The molecule has 2 aliphatic rings. The van der Waals surface area contributed by atoms with Crippen molar-refractivity contribution in [3.05, 3.63) is 32.6 Å². The molecule has 2 aliphatic heterocycles. The highest BCUT2D eigenvalue weighted by Crippen LogP contribution is 2.47. The number of rotatable bonds is 2. The maximum Gasteiger partial charge on any atom is 0.410 e. The number of halogens is 4. The summed E-state index contributed by atoms with van der Waals surface area (Å²) < 4.78 is 42.8. The Balaban J connectivity index is 1.74. The third kappa shape index (κ3) is 3.69. The molecule has 1 fully saturated rings. The van der Waals surface area contributed by atoms with Crippen molar-refractivity contribution in [2.45, 2.75) is 69.9 Å². The standard InChI is InChI=1S/C19H22BrF3N4OS/c1-10-5-3-6-11(2)26(10)18(28)16-15(20)17-24-12(13-7-4-8-29-13)9-14(19(21,22)23)27(17)25-16/h4,7-8,10-12,14,24H,3,5-6,9H2,1-2H3/t10-,11-,12+,14-/m0/s1. The van der Waals surface area contributed by atoms with Crippen molar-refractivity contribution in [1.82, 2.24) is 14.7 Å². The molecule has 1 amide bonds. The van der Waals surface area contributed by atoms with Gasteiger partial charge in [0, 0.05) is 23.4 Å². The number of carbonyl (C=O) groups excluding carboxylic acids is 1. The van der Waals surface area contributed by atoms with Gasteiger partial charge in [0.1, 0.15) is 5.82 Å². The number of thiophene rings is 1. The van der Waals surface area contributed by atoms with E-state index >= 15 is 0 Å². The van der Waals surface area contributed by atoms with Crippen LogP contribution in [0.15, 0.2) is 22.0 Å². The predicted octanol–water partition coefficient (Wildman–Crippen LogP) is 5.77. The first kappa shape index (κ1) is 20.7. The van der Waals surface area contributed by atoms with Crippen LogP contribution >= 0.6 is 27.3 Å². The number of fused-ring (bicyclic) bond motifs is 1. The molecule has 10 heteroatoms. The zero-order chi connectivity index (χ0) is 20.9. The SMILES string of the molecule is C[C@H]1CCC[C@H](C)N1C(=O)c1nn2c(c1Br)N[C@@H](c1cccs1)C[C@H]2C(F)(F)F. The van der Waals surface area contributed by atoms with Gasteiger partial charge in [-0.1, -0.05) is 6.07 Å². The number of nitrogens with one attached hydrogen (secondary N) is 1. The Labute approximate surface area is 179 Å². The number of nitrogens with zero attached hydrogens (tertiary/aromatic N) is 3. The number of likely N-dealkylation sites (tertiary alicyclic amines) is 1. The van der Waals surface area contributed by atoms with Crippen LogP contribution in [-0.2, 0) is 0 Å². The van der Waals surface area contributed by atoms with Crippen molar-refractivity contribution in [3.8, 4) is 0 Å². The number of aromatic nitrogens is 2. The second-order valence-electron chi connectivity index (χ2n) is 7.80. The van der Waals surface area contributed by atoms with E-state index in [1.54, 1.807) is 4.90 Å². The largest absolute Gasteiger partial charge is 0.410 e. The summed E-state index contributed by atoms with van der Waals surface area (Å²) in [4.78, 5) is 15.8. The van der Waals surface area contributed by atoms with Gasteiger partial charge in [-0.15, -0.1) is 11.3 Å². The molecule has 5 nitrogen and oxygen atoms in total. The first-order valence-corrected chi connectivity index (χ1v) is 11.3. The highest BCUT2D eigenvalue weighted by Gasteiger charge is 2.48. The quantitative estimate of drug-likeness (QED) is 0.581. The van der Waals surface area contributed by atoms with E-state index in [4.69, 9.17) is 0 Å². The Morgan fingerprint density at radius 2 is 2.00 bits per heavy atom. The van der Waals surface area contributed by atoms with Crippen LogP contribution in [-0.4, -0.2) is 38.8 Å². The van der Waals surface area contributed by atoms with Crippen LogP contribution in [0.3, 0.4) is 0 Å². The summed E-state index contributed by atoms with van der Waals surface area (Å²) in [6.45, 7) is 3.95. The maximum atomic E-state index is 13.9. The van der Waals surface area contributed by atoms with Crippen molar-refractivity contribution in [1.29, 1.82) is 0 Å². The topological polar surface area (TPSA) is 50.2 Å². The van der Waals surface area contributed by atoms with E-state index in [1.807, 2.05) is 31.4 Å². The van der Waals surface area contributed by atoms with E-state index in [0.29, 0.717) is 4.47 Å². The molecule has 0 radical (unpaired) electrons. The fraction of sp³-hybridized carbons (Fsp3) is 0.579. The van der Waals surface area contributed by atoms with Gasteiger partial charge in [0.2, 0.25) is 0 Å². The molecule has 158 valence electrons. The number of hydrogen-bond donors (Lipinski definition) is 1. The zero-order valence-electron chi connectivity index (χ0n) is 16.0. The van der Waals surface area contributed by atoms with Gasteiger partial charge in [0.25, 0.3) is 5.91 Å². The molecular weight excluding hydrogens is 469 g/mol. The van der Waals surface area contributed by atoms with E-state index < -0.39 is 18.3 Å². The number of amides is 1. The summed E-state index contributed by atoms with van der Waals surface area (Å²) in [5.74, 6) is -0.119. The van der Waals surface area contributed by atoms with E-state index in [-0.39, 0.29) is 35.9 Å². The monoisotopic (exact) mass is 490 g/mol. The first-order valence-electron chi connectivity index (χ1n) is 9.65. The lowest BCUT2D eigenvalue weighted by Crippen LogP contribution is -2.47. The molecule has 4 heterocycles. The van der Waals surface area contributed by atoms with Gasteiger partial charge < -0.3 is 10.2 Å². The lowest BCUT2D eigenvalue weighted by atomic mass is 9.97. The average molecular weight is 491 g/mol. The van der Waals surface area contributed by atoms with Crippen molar-refractivity contribution in [3.63, 3.8) is 0 Å². The molecule has 29 heavy (non-hydrogen) atoms. The molecule has 0 bridgehead atoms. The molecule has 2 aromatic rings. The minimum absolute atomic E-state index is 0.0297. The van der Waals surface area contributed by atoms with Gasteiger partial charge in [0.05, 0.1) is 10.5 Å². The normalized spacial score (nSPS) is 27.4. The van der Waals surface area contributed by atoms with Crippen LogP contribution in [0.2, 0.25) is 0 Å². The van der Waals surface area contributed by atoms with Gasteiger partial charge in [0.15, 0.2) is 11.7 Å². The third-order valence-electron chi connectivity index (χ3n) is 5.81. The Kier molecular flexibility index (Phi) is 5.43. The van der Waals surface area contributed by atoms with Crippen molar-refractivity contribution in [2.75, 3.05) is 5.32 Å². The van der Waals surface area contributed by atoms with E-state index in [0.717, 1.165) is 28.8 Å². The Morgan fingerprint density at radius 3 is 2.59 bits per heavy atom. The minimum atomic E-state index is -4.47.